The van der Waals surface area contributed by atoms with Crippen molar-refractivity contribution < 1.29 is 22.7 Å². The summed E-state index contributed by atoms with van der Waals surface area (Å²) in [5.74, 6) is -0.399. The molecule has 9 heteroatoms. The monoisotopic (exact) mass is 488 g/mol. The summed E-state index contributed by atoms with van der Waals surface area (Å²) >= 11 is 0. The number of halogens is 4. The van der Waals surface area contributed by atoms with Crippen LogP contribution in [0.15, 0.2) is 54.9 Å². The fraction of sp³-hybridized carbons (Fsp3) is 0.385. The summed E-state index contributed by atoms with van der Waals surface area (Å²) in [7, 11) is 0. The van der Waals surface area contributed by atoms with E-state index in [2.05, 4.69) is 15.3 Å². The van der Waals surface area contributed by atoms with E-state index in [1.807, 2.05) is 24.3 Å². The number of hydrogen-bond donors (Lipinski definition) is 2. The highest BCUT2D eigenvalue weighted by Gasteiger charge is 2.33. The predicted octanol–water partition coefficient (Wildman–Crippen LogP) is 5.90. The van der Waals surface area contributed by atoms with Crippen LogP contribution in [0.25, 0.3) is 0 Å². The molecule has 3 aromatic rings. The third kappa shape index (κ3) is 6.08. The van der Waals surface area contributed by atoms with Crippen LogP contribution in [0.5, 0.6) is 0 Å². The second-order valence-corrected chi connectivity index (χ2v) is 9.49. The molecule has 186 valence electrons. The van der Waals surface area contributed by atoms with Gasteiger partial charge in [-0.15, -0.1) is 0 Å². The fourth-order valence-electron chi connectivity index (χ4n) is 4.41. The molecule has 0 bridgehead atoms. The van der Waals surface area contributed by atoms with E-state index >= 15 is 4.39 Å². The van der Waals surface area contributed by atoms with Crippen LogP contribution in [0.2, 0.25) is 0 Å². The third-order valence-corrected chi connectivity index (χ3v) is 6.04. The summed E-state index contributed by atoms with van der Waals surface area (Å²) in [6.45, 7) is 4.39. The highest BCUT2D eigenvalue weighted by atomic mass is 19.4. The number of benzene rings is 2. The van der Waals surface area contributed by atoms with Crippen LogP contribution in [-0.2, 0) is 19.1 Å². The first-order valence-corrected chi connectivity index (χ1v) is 11.5. The molecule has 0 spiro atoms. The number of rotatable bonds is 7. The average Bonchev–Trinajstić information content (AvgIpc) is 3.27. The molecule has 2 heterocycles. The van der Waals surface area contributed by atoms with E-state index in [9.17, 15) is 18.3 Å². The van der Waals surface area contributed by atoms with Crippen molar-refractivity contribution in [1.82, 2.24) is 9.97 Å². The number of aromatic nitrogens is 2. The largest absolute Gasteiger partial charge is 0.416 e. The van der Waals surface area contributed by atoms with Crippen LogP contribution in [0.3, 0.4) is 0 Å². The van der Waals surface area contributed by atoms with Crippen molar-refractivity contribution in [1.29, 1.82) is 0 Å². The maximum atomic E-state index is 15.4. The maximum Gasteiger partial charge on any atom is 0.416 e. The predicted molar refractivity (Wildman–Crippen MR) is 127 cm³/mol. The standard InChI is InChI=1S/C26H28F4N4O/c1-25(2,35)14-17-5-7-18(8-6-17)15-31-23-22(27)24(33-16-32-23)34-13-3-4-21(34)19-9-11-20(12-10-19)26(28,29)30/h5-12,16,21,35H,3-4,13-15H2,1-2H3,(H,31,32,33). The van der Waals surface area contributed by atoms with Crippen LogP contribution in [0, 0.1) is 5.82 Å². The van der Waals surface area contributed by atoms with E-state index < -0.39 is 23.2 Å². The second-order valence-electron chi connectivity index (χ2n) is 9.49. The first-order valence-electron chi connectivity index (χ1n) is 11.5. The number of alkyl halides is 3. The second kappa shape index (κ2) is 9.81. The van der Waals surface area contributed by atoms with E-state index in [4.69, 9.17) is 0 Å². The van der Waals surface area contributed by atoms with Gasteiger partial charge in [-0.05, 0) is 55.5 Å². The van der Waals surface area contributed by atoms with Crippen molar-refractivity contribution in [3.05, 3.63) is 82.9 Å². The van der Waals surface area contributed by atoms with Crippen molar-refractivity contribution >= 4 is 11.6 Å². The molecule has 5 nitrogen and oxygen atoms in total. The Morgan fingerprint density at radius 3 is 2.29 bits per heavy atom. The molecular weight excluding hydrogens is 460 g/mol. The molecule has 1 fully saturated rings. The van der Waals surface area contributed by atoms with Crippen molar-refractivity contribution in [3.8, 4) is 0 Å². The molecule has 0 radical (unpaired) electrons. The molecule has 2 aromatic carbocycles. The number of aliphatic hydroxyl groups is 1. The first kappa shape index (κ1) is 24.9. The number of anilines is 2. The Morgan fingerprint density at radius 1 is 1.00 bits per heavy atom. The summed E-state index contributed by atoms with van der Waals surface area (Å²) in [4.78, 5) is 9.98. The van der Waals surface area contributed by atoms with Crippen LogP contribution in [0.4, 0.5) is 29.2 Å². The van der Waals surface area contributed by atoms with Gasteiger partial charge in [-0.25, -0.2) is 9.97 Å². The van der Waals surface area contributed by atoms with Gasteiger partial charge in [-0.3, -0.25) is 0 Å². The highest BCUT2D eigenvalue weighted by Crippen LogP contribution is 2.38. The molecule has 1 aromatic heterocycles. The van der Waals surface area contributed by atoms with E-state index in [1.165, 1.54) is 18.5 Å². The van der Waals surface area contributed by atoms with E-state index in [1.54, 1.807) is 18.7 Å². The van der Waals surface area contributed by atoms with Gasteiger partial charge in [0.05, 0.1) is 17.2 Å². The number of nitrogens with zero attached hydrogens (tertiary/aromatic N) is 3. The molecule has 35 heavy (non-hydrogen) atoms. The number of hydrogen-bond acceptors (Lipinski definition) is 5. The lowest BCUT2D eigenvalue weighted by molar-refractivity contribution is -0.137. The molecule has 4 rings (SSSR count). The van der Waals surface area contributed by atoms with Gasteiger partial charge in [0.2, 0.25) is 5.82 Å². The van der Waals surface area contributed by atoms with Gasteiger partial charge in [0.15, 0.2) is 11.6 Å². The quantitative estimate of drug-likeness (QED) is 0.406. The summed E-state index contributed by atoms with van der Waals surface area (Å²) in [6.07, 6.45) is -1.12. The Bertz CT molecular complexity index is 1140. The van der Waals surface area contributed by atoms with Crippen LogP contribution in [0.1, 0.15) is 55.0 Å². The van der Waals surface area contributed by atoms with Gasteiger partial charge in [-0.2, -0.15) is 17.6 Å². The third-order valence-electron chi connectivity index (χ3n) is 6.04. The van der Waals surface area contributed by atoms with E-state index in [0.717, 1.165) is 29.7 Å². The Hall–Kier alpha value is -3.20. The van der Waals surface area contributed by atoms with Gasteiger partial charge in [0.1, 0.15) is 6.33 Å². The van der Waals surface area contributed by atoms with Gasteiger partial charge in [0, 0.05) is 19.5 Å². The fourth-order valence-corrected chi connectivity index (χ4v) is 4.41. The molecule has 1 aliphatic rings. The average molecular weight is 489 g/mol. The molecule has 1 atom stereocenters. The molecule has 0 aliphatic carbocycles. The van der Waals surface area contributed by atoms with Gasteiger partial charge in [-0.1, -0.05) is 36.4 Å². The first-order chi connectivity index (χ1) is 16.5. The zero-order valence-corrected chi connectivity index (χ0v) is 19.6. The maximum absolute atomic E-state index is 15.4. The Morgan fingerprint density at radius 2 is 1.66 bits per heavy atom. The topological polar surface area (TPSA) is 61.3 Å². The zero-order chi connectivity index (χ0) is 25.2. The van der Waals surface area contributed by atoms with Gasteiger partial charge < -0.3 is 15.3 Å². The van der Waals surface area contributed by atoms with Crippen molar-refractivity contribution in [3.63, 3.8) is 0 Å². The molecule has 1 aliphatic heterocycles. The lowest BCUT2D eigenvalue weighted by Gasteiger charge is -2.27. The van der Waals surface area contributed by atoms with Crippen molar-refractivity contribution in [2.24, 2.45) is 0 Å². The summed E-state index contributed by atoms with van der Waals surface area (Å²) in [5, 5.41) is 13.0. The zero-order valence-electron chi connectivity index (χ0n) is 19.6. The van der Waals surface area contributed by atoms with Crippen LogP contribution >= 0.6 is 0 Å². The Labute approximate surface area is 201 Å². The minimum absolute atomic E-state index is 0.0636. The molecule has 2 N–H and O–H groups in total. The molecule has 0 saturated carbocycles. The minimum atomic E-state index is -4.40. The lowest BCUT2D eigenvalue weighted by Crippen LogP contribution is -2.25. The summed E-state index contributed by atoms with van der Waals surface area (Å²) in [5.41, 5.74) is 1.11. The normalized spacial score (nSPS) is 16.5. The van der Waals surface area contributed by atoms with Gasteiger partial charge in [0.25, 0.3) is 0 Å². The lowest BCUT2D eigenvalue weighted by atomic mass is 9.98. The highest BCUT2D eigenvalue weighted by molar-refractivity contribution is 5.53. The number of nitrogens with one attached hydrogen (secondary N) is 1. The van der Waals surface area contributed by atoms with E-state index in [-0.39, 0.29) is 17.7 Å². The smallest absolute Gasteiger partial charge is 0.390 e. The van der Waals surface area contributed by atoms with Crippen LogP contribution < -0.4 is 10.2 Å². The molecule has 0 amide bonds. The van der Waals surface area contributed by atoms with E-state index in [0.29, 0.717) is 31.5 Å². The van der Waals surface area contributed by atoms with Gasteiger partial charge >= 0.3 is 6.18 Å². The molecule has 1 saturated heterocycles. The minimum Gasteiger partial charge on any atom is -0.390 e. The molecule has 1 unspecified atom stereocenters. The SMILES string of the molecule is CC(C)(O)Cc1ccc(CNc2ncnc(N3CCCC3c3ccc(C(F)(F)F)cc3)c2F)cc1. The Balaban J connectivity index is 1.47. The van der Waals surface area contributed by atoms with Crippen molar-refractivity contribution in [2.45, 2.75) is 57.5 Å². The summed E-state index contributed by atoms with van der Waals surface area (Å²) in [6, 6.07) is 12.4. The summed E-state index contributed by atoms with van der Waals surface area (Å²) < 4.78 is 54.1. The molecular formula is C26H28F4N4O. The Kier molecular flexibility index (Phi) is 6.98. The van der Waals surface area contributed by atoms with Crippen LogP contribution in [-0.4, -0.2) is 27.2 Å². The van der Waals surface area contributed by atoms with Crippen molar-refractivity contribution in [2.75, 3.05) is 16.8 Å².